The summed E-state index contributed by atoms with van der Waals surface area (Å²) in [5.41, 5.74) is 1.35. The first kappa shape index (κ1) is 14.0. The molecule has 0 fully saturated rings. The van der Waals surface area contributed by atoms with Gasteiger partial charge >= 0.3 is 0 Å². The Labute approximate surface area is 118 Å². The summed E-state index contributed by atoms with van der Waals surface area (Å²) in [6.45, 7) is 3.36. The Morgan fingerprint density at radius 1 is 1.35 bits per heavy atom. The van der Waals surface area contributed by atoms with E-state index in [2.05, 4.69) is 27.6 Å². The highest BCUT2D eigenvalue weighted by Crippen LogP contribution is 2.05. The average molecular weight is 273 g/mol. The van der Waals surface area contributed by atoms with E-state index in [4.69, 9.17) is 0 Å². The second-order valence-corrected chi connectivity index (χ2v) is 4.46. The van der Waals surface area contributed by atoms with Crippen LogP contribution >= 0.6 is 0 Å². The van der Waals surface area contributed by atoms with Gasteiger partial charge in [-0.15, -0.1) is 0 Å². The van der Waals surface area contributed by atoms with Crippen LogP contribution in [0.3, 0.4) is 0 Å². The molecule has 0 unspecified atom stereocenters. The summed E-state index contributed by atoms with van der Waals surface area (Å²) in [6, 6.07) is 7.25. The largest absolute Gasteiger partial charge is 0.370 e. The van der Waals surface area contributed by atoms with Crippen molar-refractivity contribution in [1.29, 1.82) is 0 Å². The van der Waals surface area contributed by atoms with E-state index in [1.54, 1.807) is 16.9 Å². The molecule has 0 atom stereocenters. The van der Waals surface area contributed by atoms with Crippen LogP contribution in [0.1, 0.15) is 29.5 Å². The van der Waals surface area contributed by atoms with E-state index in [-0.39, 0.29) is 5.91 Å². The van der Waals surface area contributed by atoms with Crippen molar-refractivity contribution in [2.45, 2.75) is 19.9 Å². The average Bonchev–Trinajstić information content (AvgIpc) is 2.88. The summed E-state index contributed by atoms with van der Waals surface area (Å²) in [5, 5.41) is 10.1. The number of rotatable bonds is 6. The Morgan fingerprint density at radius 2 is 2.20 bits per heavy atom. The standard InChI is InChI=1S/C14H19N5O/c1-3-8-15-13-6-4-5-12(18-13)14(20)16-10-11-7-9-17-19(11)2/h4-7,9H,3,8,10H2,1-2H3,(H,15,18)(H,16,20). The van der Waals surface area contributed by atoms with E-state index in [1.807, 2.05) is 25.2 Å². The number of hydrogen-bond donors (Lipinski definition) is 2. The molecule has 0 aliphatic rings. The molecule has 0 saturated heterocycles. The first-order valence-corrected chi connectivity index (χ1v) is 6.66. The van der Waals surface area contributed by atoms with Crippen LogP contribution in [0.15, 0.2) is 30.5 Å². The van der Waals surface area contributed by atoms with Gasteiger partial charge in [0.1, 0.15) is 11.5 Å². The second kappa shape index (κ2) is 6.70. The van der Waals surface area contributed by atoms with Crippen LogP contribution in [0.25, 0.3) is 0 Å². The minimum absolute atomic E-state index is 0.189. The number of carbonyl (C=O) groups excluding carboxylic acids is 1. The van der Waals surface area contributed by atoms with Crippen LogP contribution in [-0.4, -0.2) is 27.2 Å². The van der Waals surface area contributed by atoms with Crippen LogP contribution in [-0.2, 0) is 13.6 Å². The fourth-order valence-corrected chi connectivity index (χ4v) is 1.75. The third-order valence-electron chi connectivity index (χ3n) is 2.89. The highest BCUT2D eigenvalue weighted by molar-refractivity contribution is 5.92. The maximum Gasteiger partial charge on any atom is 0.270 e. The van der Waals surface area contributed by atoms with Gasteiger partial charge in [-0.2, -0.15) is 5.10 Å². The van der Waals surface area contributed by atoms with Crippen LogP contribution in [0.2, 0.25) is 0 Å². The Hall–Kier alpha value is -2.37. The summed E-state index contributed by atoms with van der Waals surface area (Å²) < 4.78 is 1.73. The molecular weight excluding hydrogens is 254 g/mol. The minimum atomic E-state index is -0.189. The van der Waals surface area contributed by atoms with Crippen LogP contribution in [0, 0.1) is 0 Å². The van der Waals surface area contributed by atoms with Crippen LogP contribution < -0.4 is 10.6 Å². The molecule has 0 aliphatic carbocycles. The van der Waals surface area contributed by atoms with Crippen LogP contribution in [0.5, 0.6) is 0 Å². The summed E-state index contributed by atoms with van der Waals surface area (Å²) in [5.74, 6) is 0.534. The topological polar surface area (TPSA) is 71.8 Å². The Morgan fingerprint density at radius 3 is 2.90 bits per heavy atom. The number of amides is 1. The summed E-state index contributed by atoms with van der Waals surface area (Å²) in [7, 11) is 1.84. The lowest BCUT2D eigenvalue weighted by atomic mass is 10.3. The van der Waals surface area contributed by atoms with Gasteiger partial charge in [0.05, 0.1) is 12.2 Å². The van der Waals surface area contributed by atoms with Gasteiger partial charge in [0, 0.05) is 19.8 Å². The molecule has 6 nitrogen and oxygen atoms in total. The molecule has 0 aromatic carbocycles. The number of pyridine rings is 1. The number of carbonyl (C=O) groups is 1. The Bertz CT molecular complexity index is 578. The fourth-order valence-electron chi connectivity index (χ4n) is 1.75. The predicted octanol–water partition coefficient (Wildman–Crippen LogP) is 1.57. The van der Waals surface area contributed by atoms with Crippen molar-refractivity contribution in [3.05, 3.63) is 41.9 Å². The summed E-state index contributed by atoms with van der Waals surface area (Å²) in [4.78, 5) is 16.3. The molecule has 0 saturated carbocycles. The summed E-state index contributed by atoms with van der Waals surface area (Å²) >= 11 is 0. The molecule has 6 heteroatoms. The first-order valence-electron chi connectivity index (χ1n) is 6.66. The van der Waals surface area contributed by atoms with Gasteiger partial charge < -0.3 is 10.6 Å². The Balaban J connectivity index is 1.96. The smallest absolute Gasteiger partial charge is 0.270 e. The maximum atomic E-state index is 12.0. The van der Waals surface area contributed by atoms with Gasteiger partial charge in [-0.3, -0.25) is 9.48 Å². The van der Waals surface area contributed by atoms with Crippen molar-refractivity contribution in [1.82, 2.24) is 20.1 Å². The number of nitrogens with one attached hydrogen (secondary N) is 2. The fraction of sp³-hybridized carbons (Fsp3) is 0.357. The monoisotopic (exact) mass is 273 g/mol. The number of aromatic nitrogens is 3. The lowest BCUT2D eigenvalue weighted by Gasteiger charge is -2.07. The summed E-state index contributed by atoms with van der Waals surface area (Å²) in [6.07, 6.45) is 2.72. The van der Waals surface area contributed by atoms with E-state index >= 15 is 0 Å². The molecule has 1 amide bonds. The molecule has 2 aromatic rings. The van der Waals surface area contributed by atoms with Gasteiger partial charge in [-0.1, -0.05) is 13.0 Å². The molecule has 0 bridgehead atoms. The molecule has 106 valence electrons. The molecule has 2 rings (SSSR count). The van der Waals surface area contributed by atoms with Gasteiger partial charge in [-0.25, -0.2) is 4.98 Å². The van der Waals surface area contributed by atoms with Crippen molar-refractivity contribution in [3.8, 4) is 0 Å². The zero-order chi connectivity index (χ0) is 14.4. The van der Waals surface area contributed by atoms with Crippen molar-refractivity contribution < 1.29 is 4.79 Å². The molecule has 2 heterocycles. The molecule has 20 heavy (non-hydrogen) atoms. The van der Waals surface area contributed by atoms with Crippen molar-refractivity contribution >= 4 is 11.7 Å². The molecule has 0 radical (unpaired) electrons. The minimum Gasteiger partial charge on any atom is -0.370 e. The van der Waals surface area contributed by atoms with E-state index in [1.165, 1.54) is 0 Å². The number of hydrogen-bond acceptors (Lipinski definition) is 4. The van der Waals surface area contributed by atoms with Gasteiger partial charge in [-0.05, 0) is 24.6 Å². The van der Waals surface area contributed by atoms with E-state index in [0.717, 1.165) is 24.5 Å². The molecule has 2 N–H and O–H groups in total. The molecular formula is C14H19N5O. The normalized spacial score (nSPS) is 10.3. The molecule has 2 aromatic heterocycles. The zero-order valence-electron chi connectivity index (χ0n) is 11.8. The highest BCUT2D eigenvalue weighted by atomic mass is 16.1. The third-order valence-corrected chi connectivity index (χ3v) is 2.89. The molecule has 0 spiro atoms. The van der Waals surface area contributed by atoms with Gasteiger partial charge in [0.2, 0.25) is 0 Å². The van der Waals surface area contributed by atoms with Crippen LogP contribution in [0.4, 0.5) is 5.82 Å². The lowest BCUT2D eigenvalue weighted by Crippen LogP contribution is -2.25. The first-order chi connectivity index (χ1) is 9.70. The number of anilines is 1. The van der Waals surface area contributed by atoms with Crippen molar-refractivity contribution in [3.63, 3.8) is 0 Å². The quantitative estimate of drug-likeness (QED) is 0.838. The number of nitrogens with zero attached hydrogens (tertiary/aromatic N) is 3. The SMILES string of the molecule is CCCNc1cccc(C(=O)NCc2ccnn2C)n1. The lowest BCUT2D eigenvalue weighted by molar-refractivity contribution is 0.0945. The van der Waals surface area contributed by atoms with Crippen molar-refractivity contribution in [2.24, 2.45) is 7.05 Å². The second-order valence-electron chi connectivity index (χ2n) is 4.46. The van der Waals surface area contributed by atoms with Gasteiger partial charge in [0.15, 0.2) is 0 Å². The van der Waals surface area contributed by atoms with Gasteiger partial charge in [0.25, 0.3) is 5.91 Å². The third kappa shape index (κ3) is 3.57. The van der Waals surface area contributed by atoms with E-state index < -0.39 is 0 Å². The Kier molecular flexibility index (Phi) is 4.70. The van der Waals surface area contributed by atoms with Crippen molar-refractivity contribution in [2.75, 3.05) is 11.9 Å². The number of aryl methyl sites for hydroxylation is 1. The zero-order valence-corrected chi connectivity index (χ0v) is 11.8. The predicted molar refractivity (Wildman–Crippen MR) is 77.4 cm³/mol. The van der Waals surface area contributed by atoms with E-state index in [9.17, 15) is 4.79 Å². The van der Waals surface area contributed by atoms with E-state index in [0.29, 0.717) is 12.2 Å². The highest BCUT2D eigenvalue weighted by Gasteiger charge is 2.08. The maximum absolute atomic E-state index is 12.0. The molecule has 0 aliphatic heterocycles.